The van der Waals surface area contributed by atoms with Gasteiger partial charge in [-0.2, -0.15) is 0 Å². The van der Waals surface area contributed by atoms with Crippen molar-refractivity contribution in [1.82, 2.24) is 4.90 Å². The standard InChI is InChI=1S/C16H24N2O2/c1-11-5-8-14(20-11)10-18(13-6-7-13)16(19)15-4-2-3-12(15)9-17/h5,8,12-13,15H,2-4,6-7,9-10,17H2,1H3. The molecule has 2 fully saturated rings. The molecular formula is C16H24N2O2. The van der Waals surface area contributed by atoms with Crippen LogP contribution in [0.15, 0.2) is 16.5 Å². The molecule has 2 aliphatic rings. The molecule has 2 unspecified atom stereocenters. The van der Waals surface area contributed by atoms with Crippen molar-refractivity contribution in [1.29, 1.82) is 0 Å². The summed E-state index contributed by atoms with van der Waals surface area (Å²) in [5.74, 6) is 2.61. The molecule has 1 heterocycles. The number of nitrogens with two attached hydrogens (primary N) is 1. The molecule has 0 aromatic carbocycles. The van der Waals surface area contributed by atoms with Gasteiger partial charge < -0.3 is 15.1 Å². The van der Waals surface area contributed by atoms with Gasteiger partial charge >= 0.3 is 0 Å². The number of aryl methyl sites for hydroxylation is 1. The van der Waals surface area contributed by atoms with Crippen LogP contribution in [0.1, 0.15) is 43.6 Å². The lowest BCUT2D eigenvalue weighted by Crippen LogP contribution is -2.40. The summed E-state index contributed by atoms with van der Waals surface area (Å²) in [7, 11) is 0. The summed E-state index contributed by atoms with van der Waals surface area (Å²) >= 11 is 0. The van der Waals surface area contributed by atoms with Crippen LogP contribution in [-0.2, 0) is 11.3 Å². The molecule has 2 aliphatic carbocycles. The zero-order valence-corrected chi connectivity index (χ0v) is 12.2. The zero-order chi connectivity index (χ0) is 14.1. The van der Waals surface area contributed by atoms with Crippen molar-refractivity contribution in [3.8, 4) is 0 Å². The molecule has 20 heavy (non-hydrogen) atoms. The van der Waals surface area contributed by atoms with Gasteiger partial charge in [0.15, 0.2) is 0 Å². The van der Waals surface area contributed by atoms with Crippen molar-refractivity contribution in [2.24, 2.45) is 17.6 Å². The quantitative estimate of drug-likeness (QED) is 0.898. The lowest BCUT2D eigenvalue weighted by molar-refractivity contribution is -0.138. The minimum Gasteiger partial charge on any atom is -0.464 e. The maximum Gasteiger partial charge on any atom is 0.226 e. The number of carbonyl (C=O) groups excluding carboxylic acids is 1. The molecule has 3 rings (SSSR count). The summed E-state index contributed by atoms with van der Waals surface area (Å²) in [6.45, 7) is 3.19. The summed E-state index contributed by atoms with van der Waals surface area (Å²) in [4.78, 5) is 14.9. The summed E-state index contributed by atoms with van der Waals surface area (Å²) in [6.07, 6.45) is 5.50. The molecular weight excluding hydrogens is 252 g/mol. The van der Waals surface area contributed by atoms with Crippen LogP contribution in [0.5, 0.6) is 0 Å². The molecule has 0 aliphatic heterocycles. The highest BCUT2D eigenvalue weighted by Crippen LogP contribution is 2.36. The number of furan rings is 1. The molecule has 2 atom stereocenters. The largest absolute Gasteiger partial charge is 0.464 e. The van der Waals surface area contributed by atoms with Crippen LogP contribution in [0, 0.1) is 18.8 Å². The molecule has 4 heteroatoms. The Kier molecular flexibility index (Phi) is 3.83. The highest BCUT2D eigenvalue weighted by atomic mass is 16.3. The highest BCUT2D eigenvalue weighted by Gasteiger charge is 2.40. The molecule has 1 amide bonds. The van der Waals surface area contributed by atoms with Gasteiger partial charge in [0.05, 0.1) is 6.54 Å². The minimum absolute atomic E-state index is 0.136. The average molecular weight is 276 g/mol. The maximum atomic E-state index is 12.8. The minimum atomic E-state index is 0.136. The van der Waals surface area contributed by atoms with E-state index in [1.54, 1.807) is 0 Å². The zero-order valence-electron chi connectivity index (χ0n) is 12.2. The van der Waals surface area contributed by atoms with Crippen LogP contribution in [-0.4, -0.2) is 23.4 Å². The van der Waals surface area contributed by atoms with Crippen LogP contribution in [0.2, 0.25) is 0 Å². The molecule has 1 aromatic heterocycles. The topological polar surface area (TPSA) is 59.5 Å². The summed E-state index contributed by atoms with van der Waals surface area (Å²) in [6, 6.07) is 4.36. The van der Waals surface area contributed by atoms with Crippen molar-refractivity contribution < 1.29 is 9.21 Å². The Labute approximate surface area is 120 Å². The third-order valence-electron chi connectivity index (χ3n) is 4.67. The van der Waals surface area contributed by atoms with E-state index in [0.29, 0.717) is 31.0 Å². The Bertz CT molecular complexity index is 479. The first-order valence-electron chi connectivity index (χ1n) is 7.75. The number of hydrogen-bond donors (Lipinski definition) is 1. The smallest absolute Gasteiger partial charge is 0.226 e. The molecule has 4 nitrogen and oxygen atoms in total. The van der Waals surface area contributed by atoms with Gasteiger partial charge in [-0.1, -0.05) is 6.42 Å². The number of nitrogens with zero attached hydrogens (tertiary/aromatic N) is 1. The Hall–Kier alpha value is -1.29. The second-order valence-electron chi connectivity index (χ2n) is 6.24. The molecule has 0 radical (unpaired) electrons. The van der Waals surface area contributed by atoms with E-state index < -0.39 is 0 Å². The van der Waals surface area contributed by atoms with Gasteiger partial charge in [-0.05, 0) is 57.2 Å². The van der Waals surface area contributed by atoms with Crippen LogP contribution in [0.3, 0.4) is 0 Å². The van der Waals surface area contributed by atoms with Gasteiger partial charge in [-0.3, -0.25) is 4.79 Å². The van der Waals surface area contributed by atoms with E-state index >= 15 is 0 Å². The van der Waals surface area contributed by atoms with Crippen LogP contribution in [0.25, 0.3) is 0 Å². The number of carbonyl (C=O) groups is 1. The molecule has 110 valence electrons. The Balaban J connectivity index is 1.71. The Morgan fingerprint density at radius 2 is 2.15 bits per heavy atom. The van der Waals surface area contributed by atoms with Gasteiger partial charge in [-0.25, -0.2) is 0 Å². The highest BCUT2D eigenvalue weighted by molar-refractivity contribution is 5.80. The maximum absolute atomic E-state index is 12.8. The molecule has 0 saturated heterocycles. The fraction of sp³-hybridized carbons (Fsp3) is 0.688. The van der Waals surface area contributed by atoms with Crippen molar-refractivity contribution >= 4 is 5.91 Å². The second kappa shape index (κ2) is 5.60. The first kappa shape index (κ1) is 13.7. The Morgan fingerprint density at radius 1 is 1.35 bits per heavy atom. The monoisotopic (exact) mass is 276 g/mol. The lowest BCUT2D eigenvalue weighted by atomic mass is 9.94. The molecule has 0 bridgehead atoms. The van der Waals surface area contributed by atoms with Crippen molar-refractivity contribution in [2.75, 3.05) is 6.54 Å². The van der Waals surface area contributed by atoms with E-state index in [0.717, 1.165) is 43.6 Å². The Morgan fingerprint density at radius 3 is 2.75 bits per heavy atom. The predicted octanol–water partition coefficient (Wildman–Crippen LogP) is 2.45. The van der Waals surface area contributed by atoms with Gasteiger partial charge in [0.1, 0.15) is 11.5 Å². The van der Waals surface area contributed by atoms with E-state index in [1.165, 1.54) is 0 Å². The summed E-state index contributed by atoms with van der Waals surface area (Å²) in [5, 5.41) is 0. The number of hydrogen-bond acceptors (Lipinski definition) is 3. The van der Waals surface area contributed by atoms with E-state index in [4.69, 9.17) is 10.2 Å². The van der Waals surface area contributed by atoms with Gasteiger partial charge in [0.2, 0.25) is 5.91 Å². The van der Waals surface area contributed by atoms with Crippen LogP contribution < -0.4 is 5.73 Å². The second-order valence-corrected chi connectivity index (χ2v) is 6.24. The average Bonchev–Trinajstić information content (AvgIpc) is 3.02. The van der Waals surface area contributed by atoms with Crippen molar-refractivity contribution in [3.63, 3.8) is 0 Å². The third-order valence-corrected chi connectivity index (χ3v) is 4.67. The molecule has 0 spiro atoms. The van der Waals surface area contributed by atoms with E-state index in [1.807, 2.05) is 24.0 Å². The lowest BCUT2D eigenvalue weighted by Gasteiger charge is -2.27. The van der Waals surface area contributed by atoms with Crippen LogP contribution >= 0.6 is 0 Å². The molecule has 2 N–H and O–H groups in total. The van der Waals surface area contributed by atoms with Gasteiger partial charge in [0.25, 0.3) is 0 Å². The fourth-order valence-electron chi connectivity index (χ4n) is 3.37. The van der Waals surface area contributed by atoms with Gasteiger partial charge in [-0.15, -0.1) is 0 Å². The third kappa shape index (κ3) is 2.75. The number of amides is 1. The molecule has 1 aromatic rings. The first-order valence-corrected chi connectivity index (χ1v) is 7.75. The van der Waals surface area contributed by atoms with E-state index in [-0.39, 0.29) is 5.92 Å². The predicted molar refractivity (Wildman–Crippen MR) is 76.9 cm³/mol. The van der Waals surface area contributed by atoms with Crippen LogP contribution in [0.4, 0.5) is 0 Å². The normalized spacial score (nSPS) is 25.9. The van der Waals surface area contributed by atoms with E-state index in [2.05, 4.69) is 0 Å². The van der Waals surface area contributed by atoms with Crippen molar-refractivity contribution in [2.45, 2.75) is 51.6 Å². The summed E-state index contributed by atoms with van der Waals surface area (Å²) in [5.41, 5.74) is 5.82. The van der Waals surface area contributed by atoms with Gasteiger partial charge in [0, 0.05) is 12.0 Å². The first-order chi connectivity index (χ1) is 9.69. The molecule has 2 saturated carbocycles. The SMILES string of the molecule is Cc1ccc(CN(C(=O)C2CCCC2CN)C2CC2)o1. The van der Waals surface area contributed by atoms with E-state index in [9.17, 15) is 4.79 Å². The number of rotatable bonds is 5. The fourth-order valence-corrected chi connectivity index (χ4v) is 3.37. The summed E-state index contributed by atoms with van der Waals surface area (Å²) < 4.78 is 5.64. The van der Waals surface area contributed by atoms with Crippen molar-refractivity contribution in [3.05, 3.63) is 23.7 Å².